The van der Waals surface area contributed by atoms with Gasteiger partial charge in [-0.05, 0) is 37.7 Å². The van der Waals surface area contributed by atoms with Crippen LogP contribution in [-0.2, 0) is 18.8 Å². The number of ether oxygens (including phenoxy) is 1. The Morgan fingerprint density at radius 3 is 2.16 bits per heavy atom. The number of ketones is 1. The highest BCUT2D eigenvalue weighted by atomic mass is 19.4. The maximum absolute atomic E-state index is 14.3. The molecule has 3 aromatic rings. The van der Waals surface area contributed by atoms with Crippen LogP contribution in [0.25, 0.3) is 11.0 Å². The number of rotatable bonds is 11. The molecule has 0 atom stereocenters. The van der Waals surface area contributed by atoms with E-state index in [0.717, 1.165) is 18.6 Å². The molecule has 0 aliphatic rings. The van der Waals surface area contributed by atoms with Gasteiger partial charge < -0.3 is 14.1 Å². The first-order valence-corrected chi connectivity index (χ1v) is 12.2. The van der Waals surface area contributed by atoms with E-state index >= 15 is 0 Å². The third kappa shape index (κ3) is 6.29. The molecule has 0 bridgehead atoms. The Bertz CT molecular complexity index is 1230. The Morgan fingerprint density at radius 2 is 1.57 bits per heavy atom. The Labute approximate surface area is 211 Å². The lowest BCUT2D eigenvalue weighted by Crippen LogP contribution is -2.29. The normalized spacial score (nSPS) is 12.5. The summed E-state index contributed by atoms with van der Waals surface area (Å²) in [6.07, 6.45) is -9.34. The van der Waals surface area contributed by atoms with Crippen LogP contribution in [0.3, 0.4) is 0 Å². The summed E-state index contributed by atoms with van der Waals surface area (Å²) in [4.78, 5) is 15.4. The number of hydrogen-bond acceptors (Lipinski definition) is 4. The van der Waals surface area contributed by atoms with Crippen molar-refractivity contribution < 1.29 is 40.3 Å². The zero-order chi connectivity index (χ0) is 27.4. The van der Waals surface area contributed by atoms with Gasteiger partial charge in [0.25, 0.3) is 0 Å². The van der Waals surface area contributed by atoms with E-state index in [1.54, 1.807) is 18.2 Å². The molecule has 3 rings (SSSR count). The minimum atomic E-state index is -5.47. The summed E-state index contributed by atoms with van der Waals surface area (Å²) in [6, 6.07) is 7.83. The maximum atomic E-state index is 14.3. The summed E-state index contributed by atoms with van der Waals surface area (Å²) in [5.41, 5.74) is -5.04. The summed E-state index contributed by atoms with van der Waals surface area (Å²) in [7, 11) is 0. The van der Waals surface area contributed by atoms with Crippen LogP contribution in [0.15, 0.2) is 40.8 Å². The van der Waals surface area contributed by atoms with Crippen LogP contribution < -0.4 is 4.74 Å². The fraction of sp³-hybridized carbons (Fsp3) is 0.444. The average molecular weight is 530 g/mol. The van der Waals surface area contributed by atoms with Crippen LogP contribution in [0.5, 0.6) is 5.75 Å². The van der Waals surface area contributed by atoms with E-state index in [1.165, 1.54) is 6.07 Å². The van der Waals surface area contributed by atoms with E-state index in [1.807, 2.05) is 25.7 Å². The predicted molar refractivity (Wildman–Crippen MR) is 128 cm³/mol. The molecular weight excluding hydrogens is 500 g/mol. The third-order valence-electron chi connectivity index (χ3n) is 6.19. The van der Waals surface area contributed by atoms with Crippen LogP contribution in [0.4, 0.5) is 26.3 Å². The molecule has 0 spiro atoms. The molecule has 4 nitrogen and oxygen atoms in total. The van der Waals surface area contributed by atoms with Gasteiger partial charge in [-0.25, -0.2) is 0 Å². The molecule has 202 valence electrons. The van der Waals surface area contributed by atoms with Crippen molar-refractivity contribution in [1.82, 2.24) is 4.90 Å². The SMILES string of the molecule is CCCCc1oc2ccccc2c1C(=O)c1ccc(OCCN(CC)CC)c(C(F)(F)F)c1C(F)(F)F. The van der Waals surface area contributed by atoms with Gasteiger partial charge in [0.05, 0.1) is 11.1 Å². The van der Waals surface area contributed by atoms with Crippen LogP contribution >= 0.6 is 0 Å². The first kappa shape index (κ1) is 28.6. The monoisotopic (exact) mass is 529 g/mol. The third-order valence-corrected chi connectivity index (χ3v) is 6.19. The second-order valence-corrected chi connectivity index (χ2v) is 8.56. The molecule has 0 aliphatic carbocycles. The largest absolute Gasteiger partial charge is 0.492 e. The number of alkyl halides is 6. The lowest BCUT2D eigenvalue weighted by atomic mass is 9.91. The average Bonchev–Trinajstić information content (AvgIpc) is 3.21. The number of hydrogen-bond donors (Lipinski definition) is 0. The molecule has 0 saturated carbocycles. The number of halogens is 6. The number of carbonyl (C=O) groups is 1. The highest BCUT2D eigenvalue weighted by Gasteiger charge is 2.48. The number of benzene rings is 2. The number of carbonyl (C=O) groups excluding carboxylic acids is 1. The van der Waals surface area contributed by atoms with E-state index < -0.39 is 40.6 Å². The number of unbranched alkanes of at least 4 members (excludes halogenated alkanes) is 1. The number of likely N-dealkylation sites (N-methyl/N-ethyl adjacent to an activating group) is 1. The summed E-state index contributed by atoms with van der Waals surface area (Å²) < 4.78 is 96.1. The van der Waals surface area contributed by atoms with Crippen molar-refractivity contribution in [3.63, 3.8) is 0 Å². The quantitative estimate of drug-likeness (QED) is 0.188. The van der Waals surface area contributed by atoms with E-state index in [0.29, 0.717) is 19.5 Å². The molecule has 10 heteroatoms. The van der Waals surface area contributed by atoms with Gasteiger partial charge in [-0.1, -0.05) is 45.4 Å². The zero-order valence-corrected chi connectivity index (χ0v) is 20.9. The van der Waals surface area contributed by atoms with Crippen LogP contribution in [-0.4, -0.2) is 36.9 Å². The molecule has 2 aromatic carbocycles. The van der Waals surface area contributed by atoms with Crippen molar-refractivity contribution in [3.8, 4) is 5.75 Å². The topological polar surface area (TPSA) is 42.7 Å². The lowest BCUT2D eigenvalue weighted by molar-refractivity contribution is -0.163. The van der Waals surface area contributed by atoms with Gasteiger partial charge in [0.1, 0.15) is 29.3 Å². The zero-order valence-electron chi connectivity index (χ0n) is 20.9. The van der Waals surface area contributed by atoms with Gasteiger partial charge in [0.2, 0.25) is 0 Å². The van der Waals surface area contributed by atoms with Gasteiger partial charge in [0.15, 0.2) is 5.78 Å². The highest BCUT2D eigenvalue weighted by Crippen LogP contribution is 2.47. The minimum Gasteiger partial charge on any atom is -0.492 e. The van der Waals surface area contributed by atoms with Gasteiger partial charge in [-0.2, -0.15) is 26.3 Å². The van der Waals surface area contributed by atoms with Crippen LogP contribution in [0.2, 0.25) is 0 Å². The number of nitrogens with zero attached hydrogens (tertiary/aromatic N) is 1. The van der Waals surface area contributed by atoms with E-state index in [4.69, 9.17) is 9.15 Å². The molecule has 0 fully saturated rings. The molecule has 1 heterocycles. The first-order chi connectivity index (χ1) is 17.4. The van der Waals surface area contributed by atoms with Crippen LogP contribution in [0, 0.1) is 0 Å². The van der Waals surface area contributed by atoms with Crippen molar-refractivity contribution in [1.29, 1.82) is 0 Å². The van der Waals surface area contributed by atoms with Crippen molar-refractivity contribution in [2.45, 2.75) is 52.4 Å². The van der Waals surface area contributed by atoms with E-state index in [2.05, 4.69) is 0 Å². The fourth-order valence-corrected chi connectivity index (χ4v) is 4.29. The molecule has 0 unspecified atom stereocenters. The highest BCUT2D eigenvalue weighted by molar-refractivity contribution is 6.17. The fourth-order valence-electron chi connectivity index (χ4n) is 4.29. The number of aryl methyl sites for hydroxylation is 1. The molecule has 37 heavy (non-hydrogen) atoms. The van der Waals surface area contributed by atoms with Gasteiger partial charge in [-0.15, -0.1) is 0 Å². The minimum absolute atomic E-state index is 0.147. The summed E-state index contributed by atoms with van der Waals surface area (Å²) >= 11 is 0. The second kappa shape index (κ2) is 11.6. The predicted octanol–water partition coefficient (Wildman–Crippen LogP) is 7.76. The van der Waals surface area contributed by atoms with Gasteiger partial charge in [-0.3, -0.25) is 4.79 Å². The Hall–Kier alpha value is -3.01. The molecule has 0 saturated heterocycles. The summed E-state index contributed by atoms with van der Waals surface area (Å²) in [6.45, 7) is 6.78. The van der Waals surface area contributed by atoms with E-state index in [-0.39, 0.29) is 41.9 Å². The second-order valence-electron chi connectivity index (χ2n) is 8.56. The number of para-hydroxylation sites is 1. The smallest absolute Gasteiger partial charge is 0.420 e. The van der Waals surface area contributed by atoms with Crippen molar-refractivity contribution in [2.75, 3.05) is 26.2 Å². The first-order valence-electron chi connectivity index (χ1n) is 12.2. The summed E-state index contributed by atoms with van der Waals surface area (Å²) in [5.74, 6) is -2.00. The molecule has 1 aromatic heterocycles. The molecule has 0 aliphatic heterocycles. The molecule has 0 N–H and O–H groups in total. The van der Waals surface area contributed by atoms with Crippen molar-refractivity contribution in [3.05, 3.63) is 64.4 Å². The maximum Gasteiger partial charge on any atom is 0.420 e. The number of furan rings is 1. The molecule has 0 amide bonds. The molecule has 0 radical (unpaired) electrons. The van der Waals surface area contributed by atoms with Crippen molar-refractivity contribution >= 4 is 16.8 Å². The Balaban J connectivity index is 2.19. The molecular formula is C27H29F6NO3. The van der Waals surface area contributed by atoms with Crippen LogP contribution in [0.1, 0.15) is 66.4 Å². The lowest BCUT2D eigenvalue weighted by Gasteiger charge is -2.23. The Kier molecular flexibility index (Phi) is 8.94. The van der Waals surface area contributed by atoms with Gasteiger partial charge in [0, 0.05) is 23.9 Å². The Morgan fingerprint density at radius 1 is 0.919 bits per heavy atom. The van der Waals surface area contributed by atoms with E-state index in [9.17, 15) is 31.1 Å². The standard InChI is InChI=1S/C27H29F6NO3/c1-4-7-11-20-22(17-10-8-9-12-19(17)37-20)25(35)18-13-14-21(36-16-15-34(5-2)6-3)24(27(31,32)33)23(18)26(28,29)30/h8-10,12-14H,4-7,11,15-16H2,1-3H3. The number of fused-ring (bicyclic) bond motifs is 1. The van der Waals surface area contributed by atoms with Gasteiger partial charge >= 0.3 is 12.4 Å². The van der Waals surface area contributed by atoms with Crippen molar-refractivity contribution in [2.24, 2.45) is 0 Å². The summed E-state index contributed by atoms with van der Waals surface area (Å²) in [5, 5.41) is 0.250.